The van der Waals surface area contributed by atoms with E-state index in [1.807, 2.05) is 11.8 Å². The third kappa shape index (κ3) is 3.86. The Morgan fingerprint density at radius 2 is 1.92 bits per heavy atom. The minimum Gasteiger partial charge on any atom is -0.339 e. The highest BCUT2D eigenvalue weighted by Crippen LogP contribution is 2.30. The molecule has 25 heavy (non-hydrogen) atoms. The van der Waals surface area contributed by atoms with Crippen LogP contribution in [0.5, 0.6) is 0 Å². The number of benzene rings is 1. The molecule has 6 nitrogen and oxygen atoms in total. The fourth-order valence-electron chi connectivity index (χ4n) is 3.68. The Morgan fingerprint density at radius 3 is 2.56 bits per heavy atom. The average Bonchev–Trinajstić information content (AvgIpc) is 3.17. The van der Waals surface area contributed by atoms with E-state index in [1.165, 1.54) is 12.1 Å². The van der Waals surface area contributed by atoms with Crippen LogP contribution in [-0.4, -0.2) is 44.0 Å². The number of carbonyl (C=O) groups excluding carboxylic acids is 2. The Bertz CT molecular complexity index is 797. The summed E-state index contributed by atoms with van der Waals surface area (Å²) in [4.78, 5) is 26.9. The fourth-order valence-corrected chi connectivity index (χ4v) is 4.32. The molecular weight excluding hydrogens is 340 g/mol. The van der Waals surface area contributed by atoms with Gasteiger partial charge in [-0.2, -0.15) is 0 Å². The molecule has 0 radical (unpaired) electrons. The topological polar surface area (TPSA) is 83.5 Å². The number of nitrogens with one attached hydrogen (secondary N) is 1. The summed E-state index contributed by atoms with van der Waals surface area (Å²) in [5.74, 6) is -0.550. The van der Waals surface area contributed by atoms with Crippen LogP contribution >= 0.6 is 0 Å². The van der Waals surface area contributed by atoms with Crippen molar-refractivity contribution in [3.05, 3.63) is 23.8 Å². The third-order valence-corrected chi connectivity index (χ3v) is 6.30. The van der Waals surface area contributed by atoms with Gasteiger partial charge in [-0.05, 0) is 37.5 Å². The first-order valence-electron chi connectivity index (χ1n) is 8.67. The smallest absolute Gasteiger partial charge is 0.229 e. The summed E-state index contributed by atoms with van der Waals surface area (Å²) in [6.07, 6.45) is 5.70. The fraction of sp³-hybridized carbons (Fsp3) is 0.556. The van der Waals surface area contributed by atoms with Crippen molar-refractivity contribution in [2.24, 2.45) is 5.92 Å². The SMILES string of the molecule is Cc1ccc(S(C)(=O)=O)cc1NC(=O)[C@@H]1CC(=O)N(C2CCCC2)C1. The first kappa shape index (κ1) is 17.9. The molecule has 1 atom stereocenters. The van der Waals surface area contributed by atoms with Crippen LogP contribution in [-0.2, 0) is 19.4 Å². The lowest BCUT2D eigenvalue weighted by molar-refractivity contribution is -0.129. The number of likely N-dealkylation sites (tertiary alicyclic amines) is 1. The van der Waals surface area contributed by atoms with E-state index in [0.717, 1.165) is 37.5 Å². The lowest BCUT2D eigenvalue weighted by atomic mass is 10.1. The first-order valence-corrected chi connectivity index (χ1v) is 10.6. The van der Waals surface area contributed by atoms with E-state index in [4.69, 9.17) is 0 Å². The number of amides is 2. The van der Waals surface area contributed by atoms with Gasteiger partial charge in [0.15, 0.2) is 9.84 Å². The van der Waals surface area contributed by atoms with Crippen molar-refractivity contribution in [1.82, 2.24) is 4.90 Å². The van der Waals surface area contributed by atoms with Gasteiger partial charge in [0.1, 0.15) is 0 Å². The average molecular weight is 364 g/mol. The lowest BCUT2D eigenvalue weighted by Gasteiger charge is -2.24. The minimum atomic E-state index is -3.34. The summed E-state index contributed by atoms with van der Waals surface area (Å²) in [5.41, 5.74) is 1.28. The molecule has 136 valence electrons. The van der Waals surface area contributed by atoms with Crippen molar-refractivity contribution < 1.29 is 18.0 Å². The molecule has 7 heteroatoms. The standard InChI is InChI=1S/C18H24N2O4S/c1-12-7-8-15(25(2,23)24)10-16(12)19-18(22)13-9-17(21)20(11-13)14-5-3-4-6-14/h7-8,10,13-14H,3-6,9,11H2,1-2H3,(H,19,22)/t13-/m1/s1. The molecule has 1 saturated heterocycles. The lowest BCUT2D eigenvalue weighted by Crippen LogP contribution is -2.35. The number of carbonyl (C=O) groups is 2. The molecule has 1 aliphatic carbocycles. The van der Waals surface area contributed by atoms with Crippen molar-refractivity contribution in [2.75, 3.05) is 18.1 Å². The van der Waals surface area contributed by atoms with Gasteiger partial charge in [0.2, 0.25) is 11.8 Å². The van der Waals surface area contributed by atoms with E-state index in [2.05, 4.69) is 5.32 Å². The highest BCUT2D eigenvalue weighted by atomic mass is 32.2. The Morgan fingerprint density at radius 1 is 1.24 bits per heavy atom. The van der Waals surface area contributed by atoms with Crippen LogP contribution in [0.15, 0.2) is 23.1 Å². The highest BCUT2D eigenvalue weighted by Gasteiger charge is 2.38. The molecule has 1 aromatic rings. The van der Waals surface area contributed by atoms with E-state index in [0.29, 0.717) is 12.2 Å². The van der Waals surface area contributed by atoms with Crippen molar-refractivity contribution in [3.63, 3.8) is 0 Å². The molecule has 1 aromatic carbocycles. The molecule has 0 spiro atoms. The van der Waals surface area contributed by atoms with E-state index in [1.54, 1.807) is 6.07 Å². The van der Waals surface area contributed by atoms with Gasteiger partial charge in [0.25, 0.3) is 0 Å². The zero-order valence-corrected chi connectivity index (χ0v) is 15.4. The molecule has 1 N–H and O–H groups in total. The third-order valence-electron chi connectivity index (χ3n) is 5.19. The van der Waals surface area contributed by atoms with Crippen LogP contribution in [0.4, 0.5) is 5.69 Å². The second kappa shape index (κ2) is 6.78. The monoisotopic (exact) mass is 364 g/mol. The molecule has 3 rings (SSSR count). The maximum Gasteiger partial charge on any atom is 0.229 e. The van der Waals surface area contributed by atoms with Crippen molar-refractivity contribution in [2.45, 2.75) is 50.0 Å². The number of anilines is 1. The van der Waals surface area contributed by atoms with Crippen LogP contribution in [0.1, 0.15) is 37.7 Å². The van der Waals surface area contributed by atoms with E-state index >= 15 is 0 Å². The summed E-state index contributed by atoms with van der Waals surface area (Å²) in [5, 5.41) is 2.81. The van der Waals surface area contributed by atoms with Crippen molar-refractivity contribution in [3.8, 4) is 0 Å². The molecule has 1 aliphatic heterocycles. The predicted molar refractivity (Wildman–Crippen MR) is 95.0 cm³/mol. The van der Waals surface area contributed by atoms with Gasteiger partial charge in [-0.15, -0.1) is 0 Å². The summed E-state index contributed by atoms with van der Waals surface area (Å²) < 4.78 is 23.4. The number of sulfone groups is 1. The highest BCUT2D eigenvalue weighted by molar-refractivity contribution is 7.90. The van der Waals surface area contributed by atoms with Gasteiger partial charge in [-0.25, -0.2) is 8.42 Å². The molecule has 1 saturated carbocycles. The Labute approximate surface area is 148 Å². The number of hydrogen-bond acceptors (Lipinski definition) is 4. The van der Waals surface area contributed by atoms with Crippen LogP contribution in [0.2, 0.25) is 0 Å². The van der Waals surface area contributed by atoms with Gasteiger partial charge in [-0.3, -0.25) is 9.59 Å². The second-order valence-electron chi connectivity index (χ2n) is 7.12. The van der Waals surface area contributed by atoms with Gasteiger partial charge >= 0.3 is 0 Å². The van der Waals surface area contributed by atoms with Crippen LogP contribution in [0.25, 0.3) is 0 Å². The van der Waals surface area contributed by atoms with Crippen molar-refractivity contribution >= 4 is 27.3 Å². The summed E-state index contributed by atoms with van der Waals surface area (Å²) in [6, 6.07) is 4.96. The van der Waals surface area contributed by atoms with Gasteiger partial charge in [0, 0.05) is 31.0 Å². The van der Waals surface area contributed by atoms with E-state index in [9.17, 15) is 18.0 Å². The quantitative estimate of drug-likeness (QED) is 0.887. The summed E-state index contributed by atoms with van der Waals surface area (Å²) in [6.45, 7) is 2.27. The molecule has 0 unspecified atom stereocenters. The summed E-state index contributed by atoms with van der Waals surface area (Å²) in [7, 11) is -3.34. The molecule has 2 amide bonds. The minimum absolute atomic E-state index is 0.0497. The molecular formula is C18H24N2O4S. The maximum atomic E-state index is 12.6. The predicted octanol–water partition coefficient (Wildman–Crippen LogP) is 2.13. The second-order valence-corrected chi connectivity index (χ2v) is 9.14. The maximum absolute atomic E-state index is 12.6. The zero-order chi connectivity index (χ0) is 18.2. The first-order chi connectivity index (χ1) is 11.8. The number of aryl methyl sites for hydroxylation is 1. The molecule has 2 aliphatic rings. The molecule has 0 aromatic heterocycles. The largest absolute Gasteiger partial charge is 0.339 e. The number of hydrogen-bond donors (Lipinski definition) is 1. The van der Waals surface area contributed by atoms with E-state index in [-0.39, 0.29) is 35.1 Å². The van der Waals surface area contributed by atoms with Crippen molar-refractivity contribution in [1.29, 1.82) is 0 Å². The molecule has 2 fully saturated rings. The van der Waals surface area contributed by atoms with Crippen LogP contribution < -0.4 is 5.32 Å². The normalized spacial score (nSPS) is 21.8. The van der Waals surface area contributed by atoms with Crippen LogP contribution in [0.3, 0.4) is 0 Å². The Kier molecular flexibility index (Phi) is 4.86. The summed E-state index contributed by atoms with van der Waals surface area (Å²) >= 11 is 0. The molecule has 1 heterocycles. The van der Waals surface area contributed by atoms with Gasteiger partial charge < -0.3 is 10.2 Å². The number of nitrogens with zero attached hydrogens (tertiary/aromatic N) is 1. The number of rotatable bonds is 4. The van der Waals surface area contributed by atoms with E-state index < -0.39 is 9.84 Å². The Hall–Kier alpha value is -1.89. The molecule has 0 bridgehead atoms. The Balaban J connectivity index is 1.71. The van der Waals surface area contributed by atoms with Gasteiger partial charge in [-0.1, -0.05) is 18.9 Å². The van der Waals surface area contributed by atoms with Gasteiger partial charge in [0.05, 0.1) is 10.8 Å². The zero-order valence-electron chi connectivity index (χ0n) is 14.6. The van der Waals surface area contributed by atoms with Crippen LogP contribution in [0, 0.1) is 12.8 Å².